The second-order valence-corrected chi connectivity index (χ2v) is 7.45. The molecule has 2 unspecified atom stereocenters. The molecular formula is C25H26FNO. The van der Waals surface area contributed by atoms with E-state index in [1.807, 2.05) is 0 Å². The molecule has 3 aromatic rings. The molecule has 2 nitrogen and oxygen atoms in total. The van der Waals surface area contributed by atoms with Crippen LogP contribution in [0, 0.1) is 5.82 Å². The van der Waals surface area contributed by atoms with Gasteiger partial charge in [-0.1, -0.05) is 60.7 Å². The van der Waals surface area contributed by atoms with Gasteiger partial charge in [-0.25, -0.2) is 4.39 Å². The summed E-state index contributed by atoms with van der Waals surface area (Å²) >= 11 is 0. The van der Waals surface area contributed by atoms with Gasteiger partial charge in [0.25, 0.3) is 0 Å². The van der Waals surface area contributed by atoms with Crippen molar-refractivity contribution in [1.82, 2.24) is 4.90 Å². The molecule has 1 heterocycles. The van der Waals surface area contributed by atoms with Crippen LogP contribution in [-0.4, -0.2) is 30.6 Å². The Morgan fingerprint density at radius 3 is 2.25 bits per heavy atom. The maximum absolute atomic E-state index is 13.2. The van der Waals surface area contributed by atoms with Crippen molar-refractivity contribution in [3.63, 3.8) is 0 Å². The van der Waals surface area contributed by atoms with Gasteiger partial charge >= 0.3 is 0 Å². The summed E-state index contributed by atoms with van der Waals surface area (Å²) in [6, 6.07) is 27.6. The minimum atomic E-state index is -0.234. The van der Waals surface area contributed by atoms with E-state index in [2.05, 4.69) is 65.6 Å². The molecule has 4 rings (SSSR count). The van der Waals surface area contributed by atoms with Gasteiger partial charge in [0.05, 0.1) is 0 Å². The van der Waals surface area contributed by atoms with E-state index in [1.54, 1.807) is 12.1 Å². The topological polar surface area (TPSA) is 12.5 Å². The predicted molar refractivity (Wildman–Crippen MR) is 111 cm³/mol. The monoisotopic (exact) mass is 375 g/mol. The fourth-order valence-electron chi connectivity index (χ4n) is 3.98. The van der Waals surface area contributed by atoms with Gasteiger partial charge in [0, 0.05) is 25.6 Å². The van der Waals surface area contributed by atoms with Crippen LogP contribution in [0.3, 0.4) is 0 Å². The number of nitrogens with zero attached hydrogens (tertiary/aromatic N) is 1. The summed E-state index contributed by atoms with van der Waals surface area (Å²) in [6.45, 7) is 3.04. The van der Waals surface area contributed by atoms with Crippen molar-refractivity contribution in [2.45, 2.75) is 24.9 Å². The van der Waals surface area contributed by atoms with Crippen LogP contribution >= 0.6 is 0 Å². The standard InChI is InChI=1S/C25H26FNO/c26-22-11-13-23(14-12-22)28-25-16-18-27(17-15-20-7-3-1-4-8-20)19-24(25)21-9-5-2-6-10-21/h1-14,24-25H,15-19H2. The number of rotatable bonds is 6. The highest BCUT2D eigenvalue weighted by atomic mass is 19.1. The van der Waals surface area contributed by atoms with Gasteiger partial charge in [-0.15, -0.1) is 0 Å². The molecule has 1 fully saturated rings. The summed E-state index contributed by atoms with van der Waals surface area (Å²) in [4.78, 5) is 2.54. The van der Waals surface area contributed by atoms with E-state index < -0.39 is 0 Å². The first-order chi connectivity index (χ1) is 13.8. The van der Waals surface area contributed by atoms with Gasteiger partial charge in [0.1, 0.15) is 17.7 Å². The van der Waals surface area contributed by atoms with Crippen LogP contribution in [0.2, 0.25) is 0 Å². The highest BCUT2D eigenvalue weighted by molar-refractivity contribution is 5.26. The molecule has 1 saturated heterocycles. The zero-order chi connectivity index (χ0) is 19.2. The number of benzene rings is 3. The molecule has 0 aromatic heterocycles. The Bertz CT molecular complexity index is 851. The van der Waals surface area contributed by atoms with Crippen molar-refractivity contribution in [2.24, 2.45) is 0 Å². The van der Waals surface area contributed by atoms with Crippen molar-refractivity contribution in [3.05, 3.63) is 102 Å². The van der Waals surface area contributed by atoms with E-state index in [-0.39, 0.29) is 11.9 Å². The van der Waals surface area contributed by atoms with Gasteiger partial charge in [-0.3, -0.25) is 0 Å². The molecule has 28 heavy (non-hydrogen) atoms. The van der Waals surface area contributed by atoms with E-state index in [4.69, 9.17) is 4.74 Å². The molecule has 0 aliphatic carbocycles. The predicted octanol–water partition coefficient (Wildman–Crippen LogP) is 5.31. The maximum Gasteiger partial charge on any atom is 0.123 e. The Hall–Kier alpha value is -2.65. The van der Waals surface area contributed by atoms with Crippen molar-refractivity contribution in [1.29, 1.82) is 0 Å². The second kappa shape index (κ2) is 9.03. The van der Waals surface area contributed by atoms with Crippen molar-refractivity contribution in [2.75, 3.05) is 19.6 Å². The molecule has 0 saturated carbocycles. The van der Waals surface area contributed by atoms with Crippen LogP contribution < -0.4 is 4.74 Å². The van der Waals surface area contributed by atoms with Crippen LogP contribution in [0.1, 0.15) is 23.5 Å². The zero-order valence-electron chi connectivity index (χ0n) is 16.0. The van der Waals surface area contributed by atoms with Crippen LogP contribution in [0.4, 0.5) is 4.39 Å². The van der Waals surface area contributed by atoms with Gasteiger partial charge in [-0.05, 0) is 48.2 Å². The quantitative estimate of drug-likeness (QED) is 0.579. The van der Waals surface area contributed by atoms with Crippen LogP contribution in [-0.2, 0) is 6.42 Å². The molecule has 0 radical (unpaired) electrons. The molecule has 0 N–H and O–H groups in total. The number of hydrogen-bond acceptors (Lipinski definition) is 2. The molecule has 3 aromatic carbocycles. The summed E-state index contributed by atoms with van der Waals surface area (Å²) in [5.41, 5.74) is 2.68. The lowest BCUT2D eigenvalue weighted by Gasteiger charge is -2.39. The number of likely N-dealkylation sites (tertiary alicyclic amines) is 1. The lowest BCUT2D eigenvalue weighted by Crippen LogP contribution is -2.44. The minimum Gasteiger partial charge on any atom is -0.490 e. The van der Waals surface area contributed by atoms with Gasteiger partial charge in [0.15, 0.2) is 0 Å². The summed E-state index contributed by atoms with van der Waals surface area (Å²) in [6.07, 6.45) is 2.12. The lowest BCUT2D eigenvalue weighted by molar-refractivity contribution is 0.0782. The largest absolute Gasteiger partial charge is 0.490 e. The van der Waals surface area contributed by atoms with E-state index in [0.29, 0.717) is 5.92 Å². The first kappa shape index (κ1) is 18.7. The van der Waals surface area contributed by atoms with E-state index in [9.17, 15) is 4.39 Å². The summed E-state index contributed by atoms with van der Waals surface area (Å²) in [5, 5.41) is 0. The molecular weight excluding hydrogens is 349 g/mol. The number of hydrogen-bond donors (Lipinski definition) is 0. The average Bonchev–Trinajstić information content (AvgIpc) is 2.76. The first-order valence-corrected chi connectivity index (χ1v) is 10.0. The second-order valence-electron chi connectivity index (χ2n) is 7.45. The SMILES string of the molecule is Fc1ccc(OC2CCN(CCc3ccccc3)CC2c2ccccc2)cc1. The summed E-state index contributed by atoms with van der Waals surface area (Å²) < 4.78 is 19.5. The Balaban J connectivity index is 1.46. The average molecular weight is 375 g/mol. The van der Waals surface area contributed by atoms with Gasteiger partial charge in [0.2, 0.25) is 0 Å². The third kappa shape index (κ3) is 4.79. The van der Waals surface area contributed by atoms with Crippen LogP contribution in [0.5, 0.6) is 5.75 Å². The Morgan fingerprint density at radius 1 is 0.857 bits per heavy atom. The molecule has 1 aliphatic heterocycles. The Morgan fingerprint density at radius 2 is 1.54 bits per heavy atom. The van der Waals surface area contributed by atoms with Crippen molar-refractivity contribution < 1.29 is 9.13 Å². The lowest BCUT2D eigenvalue weighted by atomic mass is 9.87. The van der Waals surface area contributed by atoms with Crippen LogP contribution in [0.25, 0.3) is 0 Å². The highest BCUT2D eigenvalue weighted by Crippen LogP contribution is 2.31. The van der Waals surface area contributed by atoms with Gasteiger partial charge in [-0.2, -0.15) is 0 Å². The maximum atomic E-state index is 13.2. The zero-order valence-corrected chi connectivity index (χ0v) is 16.0. The molecule has 0 bridgehead atoms. The Labute approximate surface area is 166 Å². The fourth-order valence-corrected chi connectivity index (χ4v) is 3.98. The summed E-state index contributed by atoms with van der Waals surface area (Å²) in [5.74, 6) is 0.809. The minimum absolute atomic E-state index is 0.0980. The number of piperidine rings is 1. The molecule has 2 atom stereocenters. The van der Waals surface area contributed by atoms with Crippen molar-refractivity contribution in [3.8, 4) is 5.75 Å². The smallest absolute Gasteiger partial charge is 0.123 e. The molecule has 144 valence electrons. The van der Waals surface area contributed by atoms with Crippen LogP contribution in [0.15, 0.2) is 84.9 Å². The third-order valence-corrected chi connectivity index (χ3v) is 5.52. The summed E-state index contributed by atoms with van der Waals surface area (Å²) in [7, 11) is 0. The number of ether oxygens (including phenoxy) is 1. The normalized spacial score (nSPS) is 20.0. The molecule has 1 aliphatic rings. The molecule has 0 amide bonds. The van der Waals surface area contributed by atoms with Crippen molar-refractivity contribution >= 4 is 0 Å². The van der Waals surface area contributed by atoms with E-state index in [1.165, 1.54) is 23.3 Å². The fraction of sp³-hybridized carbons (Fsp3) is 0.280. The highest BCUT2D eigenvalue weighted by Gasteiger charge is 2.31. The first-order valence-electron chi connectivity index (χ1n) is 10.0. The van der Waals surface area contributed by atoms with E-state index in [0.717, 1.165) is 38.2 Å². The Kier molecular flexibility index (Phi) is 6.03. The van der Waals surface area contributed by atoms with Gasteiger partial charge < -0.3 is 9.64 Å². The molecule has 3 heteroatoms. The van der Waals surface area contributed by atoms with E-state index >= 15 is 0 Å². The number of halogens is 1. The molecule has 0 spiro atoms. The third-order valence-electron chi connectivity index (χ3n) is 5.52.